The minimum Gasteiger partial charge on any atom is -0.379 e. The Kier molecular flexibility index (Phi) is 5.32. The molecule has 0 bridgehead atoms. The fourth-order valence-corrected chi connectivity index (χ4v) is 5.21. The lowest BCUT2D eigenvalue weighted by molar-refractivity contribution is 0.0365. The highest BCUT2D eigenvalue weighted by molar-refractivity contribution is 6.14. The van der Waals surface area contributed by atoms with Gasteiger partial charge in [0, 0.05) is 60.0 Å². The molecule has 0 atom stereocenters. The summed E-state index contributed by atoms with van der Waals surface area (Å²) in [5.74, 6) is -0.0437. The van der Waals surface area contributed by atoms with E-state index in [1.54, 1.807) is 0 Å². The minimum absolute atomic E-state index is 0.0437. The molecular weight excluding hydrogens is 412 g/mol. The first kappa shape index (κ1) is 20.4. The van der Waals surface area contributed by atoms with Crippen LogP contribution in [-0.4, -0.2) is 53.2 Å². The zero-order valence-electron chi connectivity index (χ0n) is 18.7. The molecule has 1 saturated heterocycles. The zero-order chi connectivity index (χ0) is 22.2. The second kappa shape index (κ2) is 8.61. The molecule has 1 fully saturated rings. The third-order valence-corrected chi connectivity index (χ3v) is 6.94. The summed E-state index contributed by atoms with van der Waals surface area (Å²) >= 11 is 0. The highest BCUT2D eigenvalue weighted by Crippen LogP contribution is 2.31. The van der Waals surface area contributed by atoms with Crippen LogP contribution >= 0.6 is 0 Å². The summed E-state index contributed by atoms with van der Waals surface area (Å²) in [6, 6.07) is 16.3. The van der Waals surface area contributed by atoms with Gasteiger partial charge < -0.3 is 14.6 Å². The molecule has 1 aliphatic carbocycles. The number of morpholine rings is 1. The smallest absolute Gasteiger partial charge is 0.256 e. The van der Waals surface area contributed by atoms with Gasteiger partial charge in [-0.1, -0.05) is 18.2 Å². The van der Waals surface area contributed by atoms with E-state index in [0.29, 0.717) is 0 Å². The van der Waals surface area contributed by atoms with Gasteiger partial charge in [0.1, 0.15) is 0 Å². The number of rotatable bonds is 5. The first-order valence-electron chi connectivity index (χ1n) is 11.9. The molecule has 0 radical (unpaired) electrons. The average Bonchev–Trinajstić information content (AvgIpc) is 3.48. The Balaban J connectivity index is 1.24. The van der Waals surface area contributed by atoms with E-state index in [1.807, 2.05) is 30.3 Å². The highest BCUT2D eigenvalue weighted by Gasteiger charge is 2.24. The predicted molar refractivity (Wildman–Crippen MR) is 131 cm³/mol. The standard InChI is InChI=1S/C27H28N4O2/c32-27(26-21-4-1-2-6-23(21)29-24-7-3-5-22(24)26)28-20-8-9-25-19(18-20)10-11-31(25)13-12-30-14-16-33-17-15-30/h1-2,4,6,8-11,18H,3,5,7,12-17H2,(H,28,32). The van der Waals surface area contributed by atoms with Crippen LogP contribution in [0, 0.1) is 0 Å². The van der Waals surface area contributed by atoms with Crippen molar-refractivity contribution in [3.05, 3.63) is 71.5 Å². The van der Waals surface area contributed by atoms with Gasteiger partial charge in [-0.2, -0.15) is 0 Å². The summed E-state index contributed by atoms with van der Waals surface area (Å²) < 4.78 is 7.74. The molecule has 2 aromatic carbocycles. The molecule has 2 aromatic heterocycles. The van der Waals surface area contributed by atoms with Crippen molar-refractivity contribution >= 4 is 33.4 Å². The first-order chi connectivity index (χ1) is 16.3. The molecule has 33 heavy (non-hydrogen) atoms. The quantitative estimate of drug-likeness (QED) is 0.504. The van der Waals surface area contributed by atoms with Crippen molar-refractivity contribution in [2.75, 3.05) is 38.2 Å². The van der Waals surface area contributed by atoms with Gasteiger partial charge in [-0.15, -0.1) is 0 Å². The van der Waals surface area contributed by atoms with Crippen LogP contribution in [0.25, 0.3) is 21.8 Å². The van der Waals surface area contributed by atoms with Gasteiger partial charge >= 0.3 is 0 Å². The van der Waals surface area contributed by atoms with Crippen molar-refractivity contribution in [1.29, 1.82) is 0 Å². The van der Waals surface area contributed by atoms with Crippen molar-refractivity contribution in [3.8, 4) is 0 Å². The van der Waals surface area contributed by atoms with E-state index in [1.165, 1.54) is 5.52 Å². The zero-order valence-corrected chi connectivity index (χ0v) is 18.7. The number of aryl methyl sites for hydroxylation is 1. The van der Waals surface area contributed by atoms with E-state index in [4.69, 9.17) is 9.72 Å². The van der Waals surface area contributed by atoms with Gasteiger partial charge in [0.15, 0.2) is 0 Å². The second-order valence-electron chi connectivity index (χ2n) is 8.97. The number of nitrogens with zero attached hydrogens (tertiary/aromatic N) is 3. The second-order valence-corrected chi connectivity index (χ2v) is 8.97. The summed E-state index contributed by atoms with van der Waals surface area (Å²) in [4.78, 5) is 20.7. The van der Waals surface area contributed by atoms with Gasteiger partial charge in [0.25, 0.3) is 5.91 Å². The molecule has 1 N–H and O–H groups in total. The number of carbonyl (C=O) groups is 1. The SMILES string of the molecule is O=C(Nc1ccc2c(ccn2CCN2CCOCC2)c1)c1c2c(nc3ccccc13)CCC2. The molecule has 0 unspecified atom stereocenters. The van der Waals surface area contributed by atoms with E-state index < -0.39 is 0 Å². The number of nitrogens with one attached hydrogen (secondary N) is 1. The fourth-order valence-electron chi connectivity index (χ4n) is 5.21. The van der Waals surface area contributed by atoms with E-state index in [2.05, 4.69) is 39.2 Å². The van der Waals surface area contributed by atoms with Crippen molar-refractivity contribution in [3.63, 3.8) is 0 Å². The number of fused-ring (bicyclic) bond motifs is 3. The van der Waals surface area contributed by atoms with Crippen LogP contribution in [0.3, 0.4) is 0 Å². The Labute approximate surface area is 193 Å². The van der Waals surface area contributed by atoms with Crippen LogP contribution in [0.1, 0.15) is 28.0 Å². The molecular formula is C27H28N4O2. The highest BCUT2D eigenvalue weighted by atomic mass is 16.5. The number of para-hydroxylation sites is 1. The molecule has 1 aliphatic heterocycles. The van der Waals surface area contributed by atoms with E-state index >= 15 is 0 Å². The van der Waals surface area contributed by atoms with E-state index in [9.17, 15) is 4.79 Å². The number of benzene rings is 2. The third-order valence-electron chi connectivity index (χ3n) is 6.94. The van der Waals surface area contributed by atoms with Gasteiger partial charge in [0.05, 0.1) is 24.3 Å². The summed E-state index contributed by atoms with van der Waals surface area (Å²) in [7, 11) is 0. The maximum absolute atomic E-state index is 13.4. The molecule has 1 amide bonds. The molecule has 168 valence electrons. The van der Waals surface area contributed by atoms with Crippen LogP contribution in [0.2, 0.25) is 0 Å². The number of carbonyl (C=O) groups excluding carboxylic acids is 1. The molecule has 6 rings (SSSR count). The summed E-state index contributed by atoms with van der Waals surface area (Å²) in [6.07, 6.45) is 5.06. The first-order valence-corrected chi connectivity index (χ1v) is 11.9. The number of anilines is 1. The summed E-state index contributed by atoms with van der Waals surface area (Å²) in [5.41, 5.74) is 5.89. The van der Waals surface area contributed by atoms with Gasteiger partial charge in [0.2, 0.25) is 0 Å². The van der Waals surface area contributed by atoms with E-state index in [0.717, 1.165) is 97.5 Å². The number of aromatic nitrogens is 2. The van der Waals surface area contributed by atoms with Crippen LogP contribution in [0.5, 0.6) is 0 Å². The number of amides is 1. The Morgan fingerprint density at radius 3 is 2.82 bits per heavy atom. The number of pyridine rings is 1. The molecule has 0 spiro atoms. The number of hydrogen-bond acceptors (Lipinski definition) is 4. The van der Waals surface area contributed by atoms with Gasteiger partial charge in [-0.25, -0.2) is 0 Å². The Morgan fingerprint density at radius 2 is 1.91 bits per heavy atom. The largest absolute Gasteiger partial charge is 0.379 e. The number of hydrogen-bond donors (Lipinski definition) is 1. The van der Waals surface area contributed by atoms with Crippen LogP contribution < -0.4 is 5.32 Å². The van der Waals surface area contributed by atoms with Crippen molar-refractivity contribution in [2.24, 2.45) is 0 Å². The Hall–Kier alpha value is -3.22. The Bertz CT molecular complexity index is 1340. The molecule has 3 heterocycles. The lowest BCUT2D eigenvalue weighted by Crippen LogP contribution is -2.38. The van der Waals surface area contributed by atoms with Crippen molar-refractivity contribution in [1.82, 2.24) is 14.5 Å². The van der Waals surface area contributed by atoms with Crippen molar-refractivity contribution in [2.45, 2.75) is 25.8 Å². The maximum atomic E-state index is 13.4. The summed E-state index contributed by atoms with van der Waals surface area (Å²) in [5, 5.41) is 5.24. The van der Waals surface area contributed by atoms with E-state index in [-0.39, 0.29) is 5.91 Å². The van der Waals surface area contributed by atoms with Crippen LogP contribution in [0.15, 0.2) is 54.7 Å². The van der Waals surface area contributed by atoms with Crippen LogP contribution in [0.4, 0.5) is 5.69 Å². The number of ether oxygens (including phenoxy) is 1. The molecule has 6 heteroatoms. The van der Waals surface area contributed by atoms with Crippen molar-refractivity contribution < 1.29 is 9.53 Å². The fraction of sp³-hybridized carbons (Fsp3) is 0.333. The molecule has 0 saturated carbocycles. The Morgan fingerprint density at radius 1 is 1.03 bits per heavy atom. The molecule has 6 nitrogen and oxygen atoms in total. The maximum Gasteiger partial charge on any atom is 0.256 e. The molecule has 4 aromatic rings. The topological polar surface area (TPSA) is 59.4 Å². The van der Waals surface area contributed by atoms with Crippen LogP contribution in [-0.2, 0) is 24.1 Å². The lowest BCUT2D eigenvalue weighted by Gasteiger charge is -2.26. The summed E-state index contributed by atoms with van der Waals surface area (Å²) in [6.45, 7) is 5.62. The minimum atomic E-state index is -0.0437. The monoisotopic (exact) mass is 440 g/mol. The van der Waals surface area contributed by atoms with Gasteiger partial charge in [-0.3, -0.25) is 14.7 Å². The predicted octanol–water partition coefficient (Wildman–Crippen LogP) is 4.26. The molecule has 2 aliphatic rings. The average molecular weight is 441 g/mol. The third kappa shape index (κ3) is 3.90. The normalized spacial score (nSPS) is 16.4. The van der Waals surface area contributed by atoms with Gasteiger partial charge in [-0.05, 0) is 55.2 Å². The lowest BCUT2D eigenvalue weighted by atomic mass is 10.0.